The van der Waals surface area contributed by atoms with Crippen molar-refractivity contribution >= 4 is 11.8 Å². The third-order valence-electron chi connectivity index (χ3n) is 4.82. The van der Waals surface area contributed by atoms with Crippen molar-refractivity contribution < 1.29 is 14.3 Å². The Bertz CT molecular complexity index is 907. The van der Waals surface area contributed by atoms with Crippen molar-refractivity contribution in [1.82, 2.24) is 0 Å². The van der Waals surface area contributed by atoms with E-state index in [1.54, 1.807) is 6.07 Å². The van der Waals surface area contributed by atoms with Gasteiger partial charge >= 0.3 is 5.97 Å². The molecular formula is C25H24O3. The molecule has 0 radical (unpaired) electrons. The second-order valence-electron chi connectivity index (χ2n) is 6.98. The minimum absolute atomic E-state index is 0.105. The van der Waals surface area contributed by atoms with Gasteiger partial charge in [-0.2, -0.15) is 0 Å². The van der Waals surface area contributed by atoms with Gasteiger partial charge in [0.25, 0.3) is 0 Å². The number of ether oxygens (including phenoxy) is 1. The van der Waals surface area contributed by atoms with Gasteiger partial charge in [-0.25, -0.2) is 0 Å². The Labute approximate surface area is 166 Å². The van der Waals surface area contributed by atoms with Crippen LogP contribution in [0.5, 0.6) is 0 Å². The predicted octanol–water partition coefficient (Wildman–Crippen LogP) is 5.25. The molecule has 0 amide bonds. The summed E-state index contributed by atoms with van der Waals surface area (Å²) in [5.74, 6) is -0.663. The first-order chi connectivity index (χ1) is 13.5. The van der Waals surface area contributed by atoms with Gasteiger partial charge in [0, 0.05) is 11.5 Å². The number of benzene rings is 3. The van der Waals surface area contributed by atoms with Crippen molar-refractivity contribution in [3.63, 3.8) is 0 Å². The quantitative estimate of drug-likeness (QED) is 0.420. The van der Waals surface area contributed by atoms with Crippen molar-refractivity contribution in [2.75, 3.05) is 6.61 Å². The Balaban J connectivity index is 1.68. The molecule has 0 atom stereocenters. The smallest absolute Gasteiger partial charge is 0.307 e. The standard InChI is InChI=1S/C25H24O3/c1-18-13-14-22(19(2)15-18)24(26)17-28-25(27)16-23(20-9-5-3-6-10-20)21-11-7-4-8-12-21/h3-15,23H,16-17H2,1-2H3. The highest BCUT2D eigenvalue weighted by Gasteiger charge is 2.20. The maximum atomic E-state index is 12.5. The van der Waals surface area contributed by atoms with Gasteiger partial charge in [0.05, 0.1) is 6.42 Å². The molecular weight excluding hydrogens is 348 g/mol. The largest absolute Gasteiger partial charge is 0.457 e. The first-order valence-corrected chi connectivity index (χ1v) is 9.40. The summed E-state index contributed by atoms with van der Waals surface area (Å²) in [4.78, 5) is 24.9. The molecule has 0 fully saturated rings. The van der Waals surface area contributed by atoms with E-state index in [0.717, 1.165) is 22.3 Å². The lowest BCUT2D eigenvalue weighted by molar-refractivity contribution is -0.142. The van der Waals surface area contributed by atoms with Gasteiger partial charge in [-0.1, -0.05) is 84.4 Å². The van der Waals surface area contributed by atoms with Crippen LogP contribution in [0.15, 0.2) is 78.9 Å². The van der Waals surface area contributed by atoms with Gasteiger partial charge in [0.15, 0.2) is 6.61 Å². The zero-order valence-electron chi connectivity index (χ0n) is 16.2. The van der Waals surface area contributed by atoms with Crippen LogP contribution < -0.4 is 0 Å². The summed E-state index contributed by atoms with van der Waals surface area (Å²) in [6, 6.07) is 25.4. The lowest BCUT2D eigenvalue weighted by atomic mass is 9.88. The average Bonchev–Trinajstić information content (AvgIpc) is 2.71. The van der Waals surface area contributed by atoms with Gasteiger partial charge < -0.3 is 4.74 Å². The number of carbonyl (C=O) groups is 2. The molecule has 0 unspecified atom stereocenters. The Kier molecular flexibility index (Phi) is 6.38. The topological polar surface area (TPSA) is 43.4 Å². The van der Waals surface area contributed by atoms with E-state index >= 15 is 0 Å². The van der Waals surface area contributed by atoms with Crippen molar-refractivity contribution in [2.45, 2.75) is 26.2 Å². The first-order valence-electron chi connectivity index (χ1n) is 9.40. The molecule has 3 aromatic carbocycles. The Hall–Kier alpha value is -3.20. The van der Waals surface area contributed by atoms with Crippen LogP contribution in [0.1, 0.15) is 45.0 Å². The zero-order chi connectivity index (χ0) is 19.9. The lowest BCUT2D eigenvalue weighted by Gasteiger charge is -2.17. The molecule has 3 heteroatoms. The molecule has 0 aromatic heterocycles. The van der Waals surface area contributed by atoms with Crippen molar-refractivity contribution in [3.8, 4) is 0 Å². The Morgan fingerprint density at radius 1 is 0.821 bits per heavy atom. The van der Waals surface area contributed by atoms with Crippen molar-refractivity contribution in [2.24, 2.45) is 0 Å². The highest BCUT2D eigenvalue weighted by atomic mass is 16.5. The number of ketones is 1. The summed E-state index contributed by atoms with van der Waals surface area (Å²) in [7, 11) is 0. The molecule has 0 saturated heterocycles. The van der Waals surface area contributed by atoms with Crippen LogP contribution in [0.2, 0.25) is 0 Å². The van der Waals surface area contributed by atoms with Crippen LogP contribution in [0.3, 0.4) is 0 Å². The molecule has 0 saturated carbocycles. The molecule has 0 aliphatic rings. The summed E-state index contributed by atoms with van der Waals surface area (Å²) in [6.45, 7) is 3.64. The second kappa shape index (κ2) is 9.14. The predicted molar refractivity (Wildman–Crippen MR) is 111 cm³/mol. The van der Waals surface area contributed by atoms with Crippen LogP contribution in [-0.2, 0) is 9.53 Å². The monoisotopic (exact) mass is 372 g/mol. The normalized spacial score (nSPS) is 10.7. The molecule has 142 valence electrons. The van der Waals surface area contributed by atoms with E-state index < -0.39 is 0 Å². The molecule has 0 spiro atoms. The van der Waals surface area contributed by atoms with Gasteiger partial charge in [0.1, 0.15) is 0 Å². The molecule has 28 heavy (non-hydrogen) atoms. The maximum Gasteiger partial charge on any atom is 0.307 e. The second-order valence-corrected chi connectivity index (χ2v) is 6.98. The minimum atomic E-state index is -0.379. The summed E-state index contributed by atoms with van der Waals surface area (Å²) in [5, 5.41) is 0. The van der Waals surface area contributed by atoms with E-state index in [2.05, 4.69) is 0 Å². The third-order valence-corrected chi connectivity index (χ3v) is 4.82. The average molecular weight is 372 g/mol. The molecule has 0 N–H and O–H groups in total. The van der Waals surface area contributed by atoms with Gasteiger partial charge in [0.2, 0.25) is 5.78 Å². The molecule has 0 aliphatic carbocycles. The van der Waals surface area contributed by atoms with Gasteiger partial charge in [-0.05, 0) is 30.5 Å². The highest BCUT2D eigenvalue weighted by Crippen LogP contribution is 2.28. The molecule has 0 aliphatic heterocycles. The Morgan fingerprint density at radius 2 is 1.39 bits per heavy atom. The number of Topliss-reactive ketones (excluding diaryl/α,β-unsaturated/α-hetero) is 1. The van der Waals surface area contributed by atoms with E-state index in [1.807, 2.05) is 86.6 Å². The minimum Gasteiger partial charge on any atom is -0.457 e. The number of hydrogen-bond acceptors (Lipinski definition) is 3. The SMILES string of the molecule is Cc1ccc(C(=O)COC(=O)CC(c2ccccc2)c2ccccc2)c(C)c1. The van der Waals surface area contributed by atoms with E-state index in [9.17, 15) is 9.59 Å². The summed E-state index contributed by atoms with van der Waals surface area (Å²) in [6.07, 6.45) is 0.189. The van der Waals surface area contributed by atoms with Gasteiger partial charge in [-0.3, -0.25) is 9.59 Å². The van der Waals surface area contributed by atoms with Crippen LogP contribution in [0.4, 0.5) is 0 Å². The van der Waals surface area contributed by atoms with Gasteiger partial charge in [-0.15, -0.1) is 0 Å². The fraction of sp³-hybridized carbons (Fsp3) is 0.200. The first kappa shape index (κ1) is 19.6. The molecule has 3 nitrogen and oxygen atoms in total. The van der Waals surface area contributed by atoms with Crippen LogP contribution in [-0.4, -0.2) is 18.4 Å². The number of esters is 1. The molecule has 0 heterocycles. The molecule has 3 rings (SSSR count). The van der Waals surface area contributed by atoms with Crippen LogP contribution in [0.25, 0.3) is 0 Å². The Morgan fingerprint density at radius 3 is 1.93 bits per heavy atom. The van der Waals surface area contributed by atoms with E-state index in [0.29, 0.717) is 5.56 Å². The molecule has 3 aromatic rings. The molecule has 0 bridgehead atoms. The lowest BCUT2D eigenvalue weighted by Crippen LogP contribution is -2.17. The summed E-state index contributed by atoms with van der Waals surface area (Å²) in [5.41, 5.74) is 4.69. The van der Waals surface area contributed by atoms with E-state index in [1.165, 1.54) is 0 Å². The summed E-state index contributed by atoms with van der Waals surface area (Å²) >= 11 is 0. The zero-order valence-corrected chi connectivity index (χ0v) is 16.2. The van der Waals surface area contributed by atoms with Crippen LogP contribution >= 0.6 is 0 Å². The number of aryl methyl sites for hydroxylation is 2. The van der Waals surface area contributed by atoms with Crippen molar-refractivity contribution in [1.29, 1.82) is 0 Å². The number of carbonyl (C=O) groups excluding carboxylic acids is 2. The summed E-state index contributed by atoms with van der Waals surface area (Å²) < 4.78 is 5.33. The van der Waals surface area contributed by atoms with E-state index in [4.69, 9.17) is 4.74 Å². The highest BCUT2D eigenvalue weighted by molar-refractivity contribution is 5.99. The maximum absolute atomic E-state index is 12.5. The van der Waals surface area contributed by atoms with E-state index in [-0.39, 0.29) is 30.7 Å². The fourth-order valence-electron chi connectivity index (χ4n) is 3.37. The number of hydrogen-bond donors (Lipinski definition) is 0. The van der Waals surface area contributed by atoms with Crippen LogP contribution in [0, 0.1) is 13.8 Å². The third kappa shape index (κ3) is 4.95. The van der Waals surface area contributed by atoms with Crippen molar-refractivity contribution in [3.05, 3.63) is 107 Å². The number of rotatable bonds is 7. The fourth-order valence-corrected chi connectivity index (χ4v) is 3.37.